The van der Waals surface area contributed by atoms with Crippen LogP contribution in [-0.2, 0) is 17.8 Å². The first kappa shape index (κ1) is 18.9. The van der Waals surface area contributed by atoms with Crippen LogP contribution in [0.2, 0.25) is 0 Å². The Bertz CT molecular complexity index is 1060. The van der Waals surface area contributed by atoms with Crippen molar-refractivity contribution in [3.05, 3.63) is 101 Å². The average molecular weight is 384 g/mol. The molecule has 0 bridgehead atoms. The number of amides is 2. The highest BCUT2D eigenvalue weighted by Gasteiger charge is 2.36. The monoisotopic (exact) mass is 384 g/mol. The van der Waals surface area contributed by atoms with Crippen LogP contribution in [0.15, 0.2) is 72.8 Å². The lowest BCUT2D eigenvalue weighted by Crippen LogP contribution is -2.45. The van der Waals surface area contributed by atoms with E-state index in [4.69, 9.17) is 0 Å². The SMILES string of the molecule is Cc1ccc(NC(=O)C(Cc2ccccc2)N2Cc3ccccc3C2=O)cc1C. The highest BCUT2D eigenvalue weighted by Crippen LogP contribution is 2.26. The summed E-state index contributed by atoms with van der Waals surface area (Å²) in [6.45, 7) is 4.51. The van der Waals surface area contributed by atoms with E-state index < -0.39 is 6.04 Å². The van der Waals surface area contributed by atoms with E-state index in [-0.39, 0.29) is 11.8 Å². The molecule has 0 radical (unpaired) electrons. The molecule has 4 nitrogen and oxygen atoms in total. The summed E-state index contributed by atoms with van der Waals surface area (Å²) >= 11 is 0. The van der Waals surface area contributed by atoms with Crippen molar-refractivity contribution < 1.29 is 9.59 Å². The number of rotatable bonds is 5. The lowest BCUT2D eigenvalue weighted by atomic mass is 10.0. The van der Waals surface area contributed by atoms with Gasteiger partial charge in [-0.15, -0.1) is 0 Å². The number of carbonyl (C=O) groups is 2. The van der Waals surface area contributed by atoms with Gasteiger partial charge in [-0.2, -0.15) is 0 Å². The summed E-state index contributed by atoms with van der Waals surface area (Å²) in [6.07, 6.45) is 0.469. The van der Waals surface area contributed by atoms with Gasteiger partial charge in [-0.3, -0.25) is 9.59 Å². The Morgan fingerprint density at radius 1 is 0.966 bits per heavy atom. The molecule has 29 heavy (non-hydrogen) atoms. The number of fused-ring (bicyclic) bond motifs is 1. The maximum Gasteiger partial charge on any atom is 0.255 e. The van der Waals surface area contributed by atoms with Gasteiger partial charge in [-0.25, -0.2) is 0 Å². The van der Waals surface area contributed by atoms with Crippen LogP contribution >= 0.6 is 0 Å². The molecule has 3 aromatic rings. The molecule has 1 aliphatic heterocycles. The summed E-state index contributed by atoms with van der Waals surface area (Å²) in [5.74, 6) is -0.255. The van der Waals surface area contributed by atoms with E-state index in [1.54, 1.807) is 4.90 Å². The van der Waals surface area contributed by atoms with E-state index in [1.165, 1.54) is 5.56 Å². The molecule has 2 amide bonds. The Kier molecular flexibility index (Phi) is 5.17. The summed E-state index contributed by atoms with van der Waals surface area (Å²) in [4.78, 5) is 28.0. The first-order valence-electron chi connectivity index (χ1n) is 9.84. The van der Waals surface area contributed by atoms with Crippen LogP contribution in [0, 0.1) is 13.8 Å². The zero-order valence-corrected chi connectivity index (χ0v) is 16.7. The number of nitrogens with zero attached hydrogens (tertiary/aromatic N) is 1. The van der Waals surface area contributed by atoms with E-state index in [1.807, 2.05) is 86.6 Å². The van der Waals surface area contributed by atoms with Crippen LogP contribution < -0.4 is 5.32 Å². The van der Waals surface area contributed by atoms with Gasteiger partial charge in [0.05, 0.1) is 0 Å². The van der Waals surface area contributed by atoms with Crippen molar-refractivity contribution in [2.24, 2.45) is 0 Å². The highest BCUT2D eigenvalue weighted by molar-refractivity contribution is 6.03. The van der Waals surface area contributed by atoms with Crippen molar-refractivity contribution in [3.63, 3.8) is 0 Å². The fourth-order valence-electron chi connectivity index (χ4n) is 3.76. The van der Waals surface area contributed by atoms with Gasteiger partial charge in [0.2, 0.25) is 5.91 Å². The van der Waals surface area contributed by atoms with Gasteiger partial charge in [0.15, 0.2) is 0 Å². The third-order valence-electron chi connectivity index (χ3n) is 5.57. The molecule has 1 N–H and O–H groups in total. The van der Waals surface area contributed by atoms with E-state index in [0.29, 0.717) is 18.5 Å². The minimum atomic E-state index is -0.584. The van der Waals surface area contributed by atoms with E-state index >= 15 is 0 Å². The van der Waals surface area contributed by atoms with E-state index in [0.717, 1.165) is 22.4 Å². The van der Waals surface area contributed by atoms with Crippen molar-refractivity contribution in [2.75, 3.05) is 5.32 Å². The van der Waals surface area contributed by atoms with Crippen LogP contribution in [0.1, 0.15) is 32.6 Å². The molecule has 0 fully saturated rings. The molecule has 0 spiro atoms. The van der Waals surface area contributed by atoms with Crippen LogP contribution in [-0.4, -0.2) is 22.8 Å². The minimum absolute atomic E-state index is 0.0863. The molecule has 0 saturated heterocycles. The summed E-state index contributed by atoms with van der Waals surface area (Å²) in [6, 6.07) is 22.7. The predicted molar refractivity (Wildman–Crippen MR) is 115 cm³/mol. The minimum Gasteiger partial charge on any atom is -0.324 e. The first-order valence-corrected chi connectivity index (χ1v) is 9.84. The molecule has 1 heterocycles. The molecular weight excluding hydrogens is 360 g/mol. The smallest absolute Gasteiger partial charge is 0.255 e. The number of nitrogens with one attached hydrogen (secondary N) is 1. The number of hydrogen-bond donors (Lipinski definition) is 1. The zero-order valence-electron chi connectivity index (χ0n) is 16.7. The Morgan fingerprint density at radius 3 is 2.41 bits per heavy atom. The maximum atomic E-state index is 13.3. The molecule has 0 aliphatic carbocycles. The number of carbonyl (C=O) groups excluding carboxylic acids is 2. The molecule has 3 aromatic carbocycles. The molecule has 1 atom stereocenters. The average Bonchev–Trinajstić information content (AvgIpc) is 3.06. The second kappa shape index (κ2) is 7.92. The standard InChI is InChI=1S/C25H24N2O2/c1-17-12-13-21(14-18(17)2)26-24(28)23(15-19-8-4-3-5-9-19)27-16-20-10-6-7-11-22(20)25(27)29/h3-14,23H,15-16H2,1-2H3,(H,26,28). The molecule has 1 unspecified atom stereocenters. The van der Waals surface area contributed by atoms with Gasteiger partial charge in [-0.1, -0.05) is 54.6 Å². The second-order valence-corrected chi connectivity index (χ2v) is 7.58. The molecule has 4 heteroatoms. The van der Waals surface area contributed by atoms with Gasteiger partial charge in [-0.05, 0) is 54.3 Å². The third kappa shape index (κ3) is 3.92. The Hall–Kier alpha value is -3.40. The van der Waals surface area contributed by atoms with Gasteiger partial charge < -0.3 is 10.2 Å². The summed E-state index contributed by atoms with van der Waals surface area (Å²) in [5, 5.41) is 3.02. The van der Waals surface area contributed by atoms with Gasteiger partial charge in [0.25, 0.3) is 5.91 Å². The molecule has 0 aromatic heterocycles. The Labute approximate surface area is 171 Å². The number of anilines is 1. The van der Waals surface area contributed by atoms with Crippen molar-refractivity contribution in [3.8, 4) is 0 Å². The topological polar surface area (TPSA) is 49.4 Å². The molecule has 1 aliphatic rings. The lowest BCUT2D eigenvalue weighted by Gasteiger charge is -2.27. The van der Waals surface area contributed by atoms with Crippen molar-refractivity contribution >= 4 is 17.5 Å². The van der Waals surface area contributed by atoms with E-state index in [2.05, 4.69) is 5.32 Å². The van der Waals surface area contributed by atoms with Crippen LogP contribution in [0.3, 0.4) is 0 Å². The van der Waals surface area contributed by atoms with Gasteiger partial charge in [0.1, 0.15) is 6.04 Å². The van der Waals surface area contributed by atoms with Crippen molar-refractivity contribution in [1.29, 1.82) is 0 Å². The Balaban J connectivity index is 1.62. The molecular formula is C25H24N2O2. The summed E-state index contributed by atoms with van der Waals surface area (Å²) in [5.41, 5.74) is 5.72. The number of aryl methyl sites for hydroxylation is 2. The zero-order chi connectivity index (χ0) is 20.4. The second-order valence-electron chi connectivity index (χ2n) is 7.58. The fourth-order valence-corrected chi connectivity index (χ4v) is 3.76. The van der Waals surface area contributed by atoms with Gasteiger partial charge >= 0.3 is 0 Å². The highest BCUT2D eigenvalue weighted by atomic mass is 16.2. The summed E-state index contributed by atoms with van der Waals surface area (Å²) < 4.78 is 0. The van der Waals surface area contributed by atoms with Crippen molar-refractivity contribution in [2.45, 2.75) is 32.9 Å². The van der Waals surface area contributed by atoms with E-state index in [9.17, 15) is 9.59 Å². The first-order chi connectivity index (χ1) is 14.0. The Morgan fingerprint density at radius 2 is 1.69 bits per heavy atom. The number of benzene rings is 3. The largest absolute Gasteiger partial charge is 0.324 e. The lowest BCUT2D eigenvalue weighted by molar-refractivity contribution is -0.120. The summed E-state index contributed by atoms with van der Waals surface area (Å²) in [7, 11) is 0. The fraction of sp³-hybridized carbons (Fsp3) is 0.200. The maximum absolute atomic E-state index is 13.3. The predicted octanol–water partition coefficient (Wildman–Crippen LogP) is 4.51. The van der Waals surface area contributed by atoms with Crippen molar-refractivity contribution in [1.82, 2.24) is 4.90 Å². The van der Waals surface area contributed by atoms with Crippen LogP contribution in [0.4, 0.5) is 5.69 Å². The van der Waals surface area contributed by atoms with Gasteiger partial charge in [0, 0.05) is 24.2 Å². The third-order valence-corrected chi connectivity index (χ3v) is 5.57. The number of hydrogen-bond acceptors (Lipinski definition) is 2. The van der Waals surface area contributed by atoms with Crippen LogP contribution in [0.25, 0.3) is 0 Å². The molecule has 146 valence electrons. The molecule has 4 rings (SSSR count). The normalized spacial score (nSPS) is 13.9. The molecule has 0 saturated carbocycles. The quantitative estimate of drug-likeness (QED) is 0.704. The van der Waals surface area contributed by atoms with Crippen LogP contribution in [0.5, 0.6) is 0 Å².